The van der Waals surface area contributed by atoms with Crippen LogP contribution in [0.25, 0.3) is 0 Å². The Kier molecular flexibility index (Phi) is 14.6. The standard InChI is InChI=1S/C37H67NO14/c1-14-24-37(10,46)29(41)21(5)28(40)34(7,44)17-35(8,45)31(52-33-26(39)23(38(11)12)15-18(2)48-33)19(3)27(20(4)32(43)50-24)51-25-16-36(9,47-13)30(42)22(6)49-25/h18-27,29-31,33,39,41-42,44-46H,14-17H2,1-13H3/t18-,19+,20-,21+,22+,23+,24-,25+,26-,27+,29-,30+,31-,33+,34+,35-,36-,37-/m1/s1. The van der Waals surface area contributed by atoms with E-state index < -0.39 is 114 Å². The van der Waals surface area contributed by atoms with Gasteiger partial charge in [-0.05, 0) is 75.4 Å². The SMILES string of the molecule is CC[C@H]1OC(=O)[C@H](C)[C@@H](O[C@H]2C[C@@](C)(OC)[C@@H](O)[C@H](C)O2)[C@H](C)[C@@H](O[C@@H]2O[C@H](C)C[C@H](N(C)C)[C@H]2O)[C@](C)(O)C[C@](C)(O)C(=O)[C@H](C)[C@@H](O)[C@]1(C)O. The van der Waals surface area contributed by atoms with Gasteiger partial charge in [-0.2, -0.15) is 0 Å². The fourth-order valence-electron chi connectivity index (χ4n) is 8.49. The van der Waals surface area contributed by atoms with Crippen molar-refractivity contribution in [3.05, 3.63) is 0 Å². The third-order valence-corrected chi connectivity index (χ3v) is 11.8. The summed E-state index contributed by atoms with van der Waals surface area (Å²) < 4.78 is 36.8. The molecule has 3 aliphatic rings. The number of cyclic esters (lactones) is 1. The molecule has 3 fully saturated rings. The van der Waals surface area contributed by atoms with E-state index in [1.807, 2.05) is 25.9 Å². The molecule has 3 rings (SSSR count). The number of likely N-dealkylation sites (N-methyl/N-ethyl adjacent to an activating group) is 1. The van der Waals surface area contributed by atoms with Gasteiger partial charge in [-0.3, -0.25) is 9.59 Å². The lowest BCUT2D eigenvalue weighted by Gasteiger charge is -2.49. The maximum absolute atomic E-state index is 14.1. The van der Waals surface area contributed by atoms with Crippen LogP contribution in [-0.2, 0) is 38.0 Å². The first-order valence-corrected chi connectivity index (χ1v) is 18.5. The van der Waals surface area contributed by atoms with Crippen LogP contribution in [0.5, 0.6) is 0 Å². The van der Waals surface area contributed by atoms with Gasteiger partial charge in [0.05, 0.1) is 47.6 Å². The van der Waals surface area contributed by atoms with Gasteiger partial charge in [-0.25, -0.2) is 0 Å². The number of esters is 1. The number of aliphatic hydroxyl groups is 6. The van der Waals surface area contributed by atoms with Gasteiger partial charge in [0.25, 0.3) is 0 Å². The van der Waals surface area contributed by atoms with Gasteiger partial charge in [-0.1, -0.05) is 20.8 Å². The minimum Gasteiger partial charge on any atom is -0.459 e. The van der Waals surface area contributed by atoms with Gasteiger partial charge in [0, 0.05) is 37.8 Å². The second-order valence-electron chi connectivity index (χ2n) is 16.8. The molecule has 0 unspecified atom stereocenters. The number of aliphatic hydroxyl groups excluding tert-OH is 3. The summed E-state index contributed by atoms with van der Waals surface area (Å²) in [5, 5.41) is 69.4. The van der Waals surface area contributed by atoms with Crippen LogP contribution in [0.2, 0.25) is 0 Å². The molecule has 15 nitrogen and oxygen atoms in total. The number of carbonyl (C=O) groups excluding carboxylic acids is 2. The maximum Gasteiger partial charge on any atom is 0.311 e. The van der Waals surface area contributed by atoms with Crippen molar-refractivity contribution in [2.75, 3.05) is 21.2 Å². The first-order valence-electron chi connectivity index (χ1n) is 18.5. The minimum atomic E-state index is -2.27. The molecule has 3 aliphatic heterocycles. The van der Waals surface area contributed by atoms with E-state index in [0.717, 1.165) is 0 Å². The molecule has 0 spiro atoms. The minimum absolute atomic E-state index is 0.0496. The van der Waals surface area contributed by atoms with Crippen LogP contribution in [0, 0.1) is 17.8 Å². The van der Waals surface area contributed by atoms with Crippen LogP contribution in [0.4, 0.5) is 0 Å². The van der Waals surface area contributed by atoms with E-state index >= 15 is 0 Å². The quantitative estimate of drug-likeness (QED) is 0.200. The number of hydrogen-bond donors (Lipinski definition) is 6. The first kappa shape index (κ1) is 45.1. The molecule has 0 saturated carbocycles. The zero-order chi connectivity index (χ0) is 39.9. The second-order valence-corrected chi connectivity index (χ2v) is 16.8. The predicted molar refractivity (Wildman–Crippen MR) is 188 cm³/mol. The molecule has 0 amide bonds. The molecule has 3 heterocycles. The van der Waals surface area contributed by atoms with Gasteiger partial charge in [0.15, 0.2) is 18.4 Å². The van der Waals surface area contributed by atoms with Crippen LogP contribution in [-0.4, -0.2) is 158 Å². The van der Waals surface area contributed by atoms with Crippen molar-refractivity contribution in [1.29, 1.82) is 0 Å². The first-order chi connectivity index (χ1) is 23.7. The Hall–Kier alpha value is -1.34. The van der Waals surface area contributed by atoms with Gasteiger partial charge in [0.2, 0.25) is 0 Å². The molecule has 0 aliphatic carbocycles. The summed E-state index contributed by atoms with van der Waals surface area (Å²) in [6, 6.07) is -0.380. The number of nitrogens with zero attached hydrogens (tertiary/aromatic N) is 1. The fourth-order valence-corrected chi connectivity index (χ4v) is 8.49. The molecule has 0 aromatic carbocycles. The van der Waals surface area contributed by atoms with Crippen molar-refractivity contribution in [3.8, 4) is 0 Å². The van der Waals surface area contributed by atoms with Crippen molar-refractivity contribution >= 4 is 11.8 Å². The zero-order valence-electron chi connectivity index (χ0n) is 33.3. The van der Waals surface area contributed by atoms with Crippen LogP contribution >= 0.6 is 0 Å². The molecule has 6 N–H and O–H groups in total. The largest absolute Gasteiger partial charge is 0.459 e. The molecule has 304 valence electrons. The lowest BCUT2D eigenvalue weighted by Crippen LogP contribution is -2.63. The average molecular weight is 750 g/mol. The molecule has 3 saturated heterocycles. The number of ketones is 1. The molecule has 0 aromatic heterocycles. The van der Waals surface area contributed by atoms with E-state index in [0.29, 0.717) is 6.42 Å². The molecule has 18 atom stereocenters. The molecular weight excluding hydrogens is 682 g/mol. The highest BCUT2D eigenvalue weighted by molar-refractivity contribution is 5.89. The van der Waals surface area contributed by atoms with Crippen LogP contribution in [0.15, 0.2) is 0 Å². The third kappa shape index (κ3) is 9.36. The maximum atomic E-state index is 14.1. The summed E-state index contributed by atoms with van der Waals surface area (Å²) in [7, 11) is 5.09. The number of ether oxygens (including phenoxy) is 6. The summed E-state index contributed by atoms with van der Waals surface area (Å²) in [5.74, 6) is -5.15. The Morgan fingerprint density at radius 1 is 0.885 bits per heavy atom. The van der Waals surface area contributed by atoms with E-state index in [1.165, 1.54) is 34.8 Å². The number of carbonyl (C=O) groups is 2. The second kappa shape index (κ2) is 16.8. The van der Waals surface area contributed by atoms with Crippen molar-refractivity contribution in [2.24, 2.45) is 17.8 Å². The zero-order valence-corrected chi connectivity index (χ0v) is 33.3. The van der Waals surface area contributed by atoms with Crippen LogP contribution in [0.3, 0.4) is 0 Å². The Labute approximate surface area is 308 Å². The number of rotatable bonds is 7. The molecule has 0 radical (unpaired) electrons. The number of hydrogen-bond acceptors (Lipinski definition) is 15. The highest BCUT2D eigenvalue weighted by atomic mass is 16.7. The van der Waals surface area contributed by atoms with Crippen molar-refractivity contribution in [2.45, 2.75) is 185 Å². The van der Waals surface area contributed by atoms with E-state index in [2.05, 4.69) is 0 Å². The predicted octanol–water partition coefficient (Wildman–Crippen LogP) is 0.901. The van der Waals surface area contributed by atoms with Gasteiger partial charge in [-0.15, -0.1) is 0 Å². The monoisotopic (exact) mass is 749 g/mol. The van der Waals surface area contributed by atoms with Crippen molar-refractivity contribution < 1.29 is 68.6 Å². The van der Waals surface area contributed by atoms with E-state index in [1.54, 1.807) is 34.6 Å². The molecule has 0 aromatic rings. The van der Waals surface area contributed by atoms with Gasteiger partial charge in [0.1, 0.15) is 29.5 Å². The smallest absolute Gasteiger partial charge is 0.311 e. The van der Waals surface area contributed by atoms with Crippen molar-refractivity contribution in [1.82, 2.24) is 4.90 Å². The fraction of sp³-hybridized carbons (Fsp3) is 0.946. The van der Waals surface area contributed by atoms with E-state index in [4.69, 9.17) is 28.4 Å². The highest BCUT2D eigenvalue weighted by Crippen LogP contribution is 2.41. The Bertz CT molecular complexity index is 1210. The molecule has 52 heavy (non-hydrogen) atoms. The Balaban J connectivity index is 2.22. The summed E-state index contributed by atoms with van der Waals surface area (Å²) in [5.41, 5.74) is -7.56. The lowest BCUT2D eigenvalue weighted by molar-refractivity contribution is -0.319. The third-order valence-electron chi connectivity index (χ3n) is 11.8. The average Bonchev–Trinajstić information content (AvgIpc) is 3.05. The number of Topliss-reactive ketones (excluding diaryl/α,β-unsaturated/α-hetero) is 1. The Morgan fingerprint density at radius 3 is 2.02 bits per heavy atom. The highest BCUT2D eigenvalue weighted by Gasteiger charge is 2.55. The summed E-state index contributed by atoms with van der Waals surface area (Å²) in [6.45, 7) is 15.3. The number of methoxy groups -OCH3 is 1. The summed E-state index contributed by atoms with van der Waals surface area (Å²) >= 11 is 0. The normalized spacial score (nSPS) is 50.5. The van der Waals surface area contributed by atoms with Crippen LogP contribution in [0.1, 0.15) is 94.9 Å². The van der Waals surface area contributed by atoms with Crippen LogP contribution < -0.4 is 0 Å². The topological polar surface area (TPSA) is 214 Å². The van der Waals surface area contributed by atoms with E-state index in [-0.39, 0.29) is 25.0 Å². The molecule has 0 bridgehead atoms. The molecule has 15 heteroatoms. The lowest BCUT2D eigenvalue weighted by atomic mass is 9.72. The molecular formula is C37H67NO14. The van der Waals surface area contributed by atoms with Crippen molar-refractivity contribution in [3.63, 3.8) is 0 Å². The summed E-state index contributed by atoms with van der Waals surface area (Å²) in [4.78, 5) is 29.8. The summed E-state index contributed by atoms with van der Waals surface area (Å²) in [6.07, 6.45) is -11.2. The van der Waals surface area contributed by atoms with Gasteiger partial charge < -0.3 is 64.0 Å². The Morgan fingerprint density at radius 2 is 1.48 bits per heavy atom. The van der Waals surface area contributed by atoms with Gasteiger partial charge >= 0.3 is 5.97 Å². The van der Waals surface area contributed by atoms with E-state index in [9.17, 15) is 40.2 Å².